The first-order valence-corrected chi connectivity index (χ1v) is 10.5. The van der Waals surface area contributed by atoms with E-state index in [4.69, 9.17) is 9.26 Å². The summed E-state index contributed by atoms with van der Waals surface area (Å²) in [6.45, 7) is 3.61. The molecule has 4 rings (SSSR count). The predicted octanol–water partition coefficient (Wildman–Crippen LogP) is 1.53. The van der Waals surface area contributed by atoms with Crippen LogP contribution in [0.25, 0.3) is 0 Å². The molecule has 1 aliphatic carbocycles. The first-order chi connectivity index (χ1) is 12.6. The Morgan fingerprint density at radius 1 is 1.35 bits per heavy atom. The fourth-order valence-corrected chi connectivity index (χ4v) is 4.54. The molecule has 2 fully saturated rings. The number of sulfonamides is 1. The molecule has 10 heteroatoms. The average molecular weight is 381 g/mol. The normalized spacial score (nSPS) is 22.0. The van der Waals surface area contributed by atoms with Crippen LogP contribution in [0, 0.1) is 0 Å². The molecule has 0 radical (unpaired) electrons. The molecule has 1 unspecified atom stereocenters. The van der Waals surface area contributed by atoms with Crippen LogP contribution in [0.5, 0.6) is 0 Å². The van der Waals surface area contributed by atoms with Gasteiger partial charge in [-0.15, -0.1) is 0 Å². The monoisotopic (exact) mass is 381 g/mol. The van der Waals surface area contributed by atoms with Crippen molar-refractivity contribution in [3.05, 3.63) is 24.1 Å². The molecule has 0 bridgehead atoms. The zero-order valence-electron chi connectivity index (χ0n) is 14.7. The lowest BCUT2D eigenvalue weighted by atomic mass is 10.1. The molecule has 0 N–H and O–H groups in total. The van der Waals surface area contributed by atoms with Crippen molar-refractivity contribution in [2.45, 2.75) is 62.7 Å². The van der Waals surface area contributed by atoms with Crippen molar-refractivity contribution in [1.82, 2.24) is 24.2 Å². The Morgan fingerprint density at radius 2 is 2.19 bits per heavy atom. The maximum atomic E-state index is 12.8. The van der Waals surface area contributed by atoms with E-state index in [0.717, 1.165) is 25.7 Å². The molecular formula is C16H23N5O4S. The third kappa shape index (κ3) is 3.67. The van der Waals surface area contributed by atoms with Gasteiger partial charge in [0.1, 0.15) is 11.5 Å². The third-order valence-electron chi connectivity index (χ3n) is 4.77. The Morgan fingerprint density at radius 3 is 2.92 bits per heavy atom. The van der Waals surface area contributed by atoms with Crippen molar-refractivity contribution in [2.24, 2.45) is 0 Å². The Labute approximate surface area is 152 Å². The minimum atomic E-state index is -3.55. The van der Waals surface area contributed by atoms with E-state index >= 15 is 0 Å². The van der Waals surface area contributed by atoms with Gasteiger partial charge in [-0.25, -0.2) is 8.42 Å². The van der Waals surface area contributed by atoms with Gasteiger partial charge in [0.2, 0.25) is 15.9 Å². The van der Waals surface area contributed by atoms with Gasteiger partial charge in [-0.1, -0.05) is 5.16 Å². The smallest absolute Gasteiger partial charge is 0.246 e. The van der Waals surface area contributed by atoms with E-state index in [-0.39, 0.29) is 17.6 Å². The summed E-state index contributed by atoms with van der Waals surface area (Å²) in [5.41, 5.74) is 0. The molecule has 3 heterocycles. The van der Waals surface area contributed by atoms with Crippen molar-refractivity contribution in [1.29, 1.82) is 0 Å². The Balaban J connectivity index is 1.36. The van der Waals surface area contributed by atoms with Crippen molar-refractivity contribution >= 4 is 10.0 Å². The molecular weight excluding hydrogens is 358 g/mol. The minimum Gasteiger partial charge on any atom is -0.369 e. The van der Waals surface area contributed by atoms with Crippen LogP contribution in [0.15, 0.2) is 21.8 Å². The molecule has 26 heavy (non-hydrogen) atoms. The van der Waals surface area contributed by atoms with E-state index in [0.29, 0.717) is 37.3 Å². The molecule has 1 saturated heterocycles. The standard InChI is InChI=1S/C16H23N5O4S/c1-2-20-10-14(8-17-20)26(22,23)21-7-3-4-13(9-21)24-11-15-18-16(25-19-15)12-5-6-12/h8,10,12-13H,2-7,9,11H2,1H3. The van der Waals surface area contributed by atoms with Crippen LogP contribution in [0.3, 0.4) is 0 Å². The number of hydrogen-bond acceptors (Lipinski definition) is 7. The molecule has 0 spiro atoms. The van der Waals surface area contributed by atoms with Crippen LogP contribution in [0.4, 0.5) is 0 Å². The summed E-state index contributed by atoms with van der Waals surface area (Å²) in [7, 11) is -3.55. The van der Waals surface area contributed by atoms with Crippen molar-refractivity contribution in [3.63, 3.8) is 0 Å². The number of nitrogens with zero attached hydrogens (tertiary/aromatic N) is 5. The van der Waals surface area contributed by atoms with E-state index < -0.39 is 10.0 Å². The zero-order chi connectivity index (χ0) is 18.1. The SMILES string of the molecule is CCn1cc(S(=O)(=O)N2CCCC(OCc3noc(C4CC4)n3)C2)cn1. The van der Waals surface area contributed by atoms with Crippen LogP contribution in [0.1, 0.15) is 50.2 Å². The first kappa shape index (κ1) is 17.6. The summed E-state index contributed by atoms with van der Waals surface area (Å²) in [4.78, 5) is 4.57. The van der Waals surface area contributed by atoms with Gasteiger partial charge in [0.05, 0.1) is 12.3 Å². The topological polar surface area (TPSA) is 103 Å². The summed E-state index contributed by atoms with van der Waals surface area (Å²) >= 11 is 0. The highest BCUT2D eigenvalue weighted by molar-refractivity contribution is 7.89. The zero-order valence-corrected chi connectivity index (χ0v) is 15.6. The molecule has 1 atom stereocenters. The highest BCUT2D eigenvalue weighted by Gasteiger charge is 2.32. The van der Waals surface area contributed by atoms with Crippen LogP contribution in [-0.2, 0) is 27.9 Å². The highest BCUT2D eigenvalue weighted by atomic mass is 32.2. The summed E-state index contributed by atoms with van der Waals surface area (Å²) in [5.74, 6) is 1.62. The summed E-state index contributed by atoms with van der Waals surface area (Å²) in [6.07, 6.45) is 6.57. The van der Waals surface area contributed by atoms with Crippen molar-refractivity contribution < 1.29 is 17.7 Å². The number of hydrogen-bond donors (Lipinski definition) is 0. The highest BCUT2D eigenvalue weighted by Crippen LogP contribution is 2.38. The molecule has 142 valence electrons. The largest absolute Gasteiger partial charge is 0.369 e. The predicted molar refractivity (Wildman–Crippen MR) is 90.7 cm³/mol. The molecule has 2 aliphatic rings. The third-order valence-corrected chi connectivity index (χ3v) is 6.59. The number of aryl methyl sites for hydroxylation is 1. The maximum absolute atomic E-state index is 12.8. The van der Waals surface area contributed by atoms with Gasteiger partial charge in [-0.2, -0.15) is 14.4 Å². The van der Waals surface area contributed by atoms with Gasteiger partial charge in [0, 0.05) is 31.7 Å². The molecule has 2 aromatic rings. The van der Waals surface area contributed by atoms with E-state index in [1.54, 1.807) is 10.9 Å². The van der Waals surface area contributed by atoms with Gasteiger partial charge >= 0.3 is 0 Å². The van der Waals surface area contributed by atoms with Crippen LogP contribution in [-0.4, -0.2) is 51.8 Å². The summed E-state index contributed by atoms with van der Waals surface area (Å²) in [5, 5.41) is 8.00. The molecule has 2 aromatic heterocycles. The number of aromatic nitrogens is 4. The van der Waals surface area contributed by atoms with Gasteiger partial charge < -0.3 is 9.26 Å². The van der Waals surface area contributed by atoms with Gasteiger partial charge in [-0.05, 0) is 32.6 Å². The first-order valence-electron chi connectivity index (χ1n) is 9.03. The fraction of sp³-hybridized carbons (Fsp3) is 0.688. The minimum absolute atomic E-state index is 0.178. The van der Waals surface area contributed by atoms with E-state index in [2.05, 4.69) is 15.2 Å². The van der Waals surface area contributed by atoms with Gasteiger partial charge in [0.15, 0.2) is 5.82 Å². The van der Waals surface area contributed by atoms with Gasteiger partial charge in [0.25, 0.3) is 0 Å². The fourth-order valence-electron chi connectivity index (χ4n) is 3.07. The quantitative estimate of drug-likeness (QED) is 0.716. The average Bonchev–Trinajstić information content (AvgIpc) is 3.20. The molecule has 9 nitrogen and oxygen atoms in total. The second-order valence-corrected chi connectivity index (χ2v) is 8.73. The molecule has 0 amide bonds. The van der Waals surface area contributed by atoms with Crippen LogP contribution < -0.4 is 0 Å². The Bertz CT molecular complexity index is 858. The lowest BCUT2D eigenvalue weighted by Gasteiger charge is -2.31. The second-order valence-electron chi connectivity index (χ2n) is 6.79. The summed E-state index contributed by atoms with van der Waals surface area (Å²) in [6, 6.07) is 0. The van der Waals surface area contributed by atoms with Crippen LogP contribution >= 0.6 is 0 Å². The maximum Gasteiger partial charge on any atom is 0.246 e. The van der Waals surface area contributed by atoms with E-state index in [1.165, 1.54) is 10.5 Å². The van der Waals surface area contributed by atoms with Crippen LogP contribution in [0.2, 0.25) is 0 Å². The van der Waals surface area contributed by atoms with Gasteiger partial charge in [-0.3, -0.25) is 4.68 Å². The molecule has 0 aromatic carbocycles. The molecule has 1 aliphatic heterocycles. The Hall–Kier alpha value is -1.78. The lowest BCUT2D eigenvalue weighted by Crippen LogP contribution is -2.43. The number of rotatable bonds is 7. The van der Waals surface area contributed by atoms with E-state index in [9.17, 15) is 8.42 Å². The summed E-state index contributed by atoms with van der Waals surface area (Å²) < 4.78 is 39.8. The lowest BCUT2D eigenvalue weighted by molar-refractivity contribution is 0.00438. The van der Waals surface area contributed by atoms with Crippen molar-refractivity contribution in [3.8, 4) is 0 Å². The molecule has 1 saturated carbocycles. The number of piperidine rings is 1. The second kappa shape index (κ2) is 7.09. The van der Waals surface area contributed by atoms with Crippen molar-refractivity contribution in [2.75, 3.05) is 13.1 Å². The Kier molecular flexibility index (Phi) is 4.80. The van der Waals surface area contributed by atoms with E-state index in [1.807, 2.05) is 6.92 Å². The number of ether oxygens (including phenoxy) is 1.